The zero-order chi connectivity index (χ0) is 15.8. The van der Waals surface area contributed by atoms with Crippen LogP contribution in [0.4, 0.5) is 0 Å². The maximum atomic E-state index is 12.5. The molecule has 21 heavy (non-hydrogen) atoms. The maximum Gasteiger partial charge on any atom is 0.271 e. The monoisotopic (exact) mass is 353 g/mol. The lowest BCUT2D eigenvalue weighted by Crippen LogP contribution is -2.30. The summed E-state index contributed by atoms with van der Waals surface area (Å²) < 4.78 is 33.4. The Hall–Kier alpha value is -0.670. The Balaban J connectivity index is 2.24. The van der Waals surface area contributed by atoms with Crippen LogP contribution in [-0.2, 0) is 18.5 Å². The van der Waals surface area contributed by atoms with Crippen LogP contribution in [0.1, 0.15) is 15.9 Å². The Bertz CT molecular complexity index is 630. The Labute approximate surface area is 132 Å². The maximum absolute atomic E-state index is 12.5. The van der Waals surface area contributed by atoms with Crippen molar-refractivity contribution < 1.29 is 22.7 Å². The van der Waals surface area contributed by atoms with E-state index in [2.05, 4.69) is 0 Å². The number of carbonyl (C=O) groups is 1. The third-order valence-electron chi connectivity index (χ3n) is 3.55. The lowest BCUT2D eigenvalue weighted by atomic mass is 10.2. The summed E-state index contributed by atoms with van der Waals surface area (Å²) >= 11 is 0.953. The summed E-state index contributed by atoms with van der Waals surface area (Å²) in [7, 11) is 4.66. The van der Waals surface area contributed by atoms with Crippen LogP contribution in [0.25, 0.3) is 0 Å². The molecule has 1 aromatic heterocycles. The number of likely N-dealkylation sites (tertiary alicyclic amines) is 1. The molecule has 0 N–H and O–H groups in total. The van der Waals surface area contributed by atoms with Crippen LogP contribution in [0.5, 0.6) is 0 Å². The van der Waals surface area contributed by atoms with E-state index < -0.39 is 9.05 Å². The second-order valence-electron chi connectivity index (χ2n) is 4.76. The molecule has 2 rings (SSSR count). The predicted octanol–water partition coefficient (Wildman–Crippen LogP) is 1.47. The van der Waals surface area contributed by atoms with E-state index >= 15 is 0 Å². The minimum absolute atomic E-state index is 0.0123. The number of halogens is 1. The number of rotatable bonds is 4. The van der Waals surface area contributed by atoms with Crippen LogP contribution < -0.4 is 0 Å². The van der Waals surface area contributed by atoms with Gasteiger partial charge in [-0.1, -0.05) is 0 Å². The molecular weight excluding hydrogens is 338 g/mol. The van der Waals surface area contributed by atoms with Crippen molar-refractivity contribution in [2.75, 3.05) is 27.3 Å². The highest BCUT2D eigenvalue weighted by atomic mass is 35.7. The number of amides is 1. The quantitative estimate of drug-likeness (QED) is 0.766. The molecule has 0 aromatic carbocycles. The average molecular weight is 354 g/mol. The molecule has 1 aliphatic rings. The van der Waals surface area contributed by atoms with Crippen molar-refractivity contribution >= 4 is 37.0 Å². The van der Waals surface area contributed by atoms with Gasteiger partial charge in [-0.3, -0.25) is 4.79 Å². The zero-order valence-corrected chi connectivity index (χ0v) is 14.2. The summed E-state index contributed by atoms with van der Waals surface area (Å²) in [5.41, 5.74) is 0.737. The van der Waals surface area contributed by atoms with Gasteiger partial charge in [-0.15, -0.1) is 11.3 Å². The lowest BCUT2D eigenvalue weighted by molar-refractivity contribution is -0.00461. The predicted molar refractivity (Wildman–Crippen MR) is 79.6 cm³/mol. The number of methoxy groups -OCH3 is 2. The smallest absolute Gasteiger partial charge is 0.271 e. The van der Waals surface area contributed by atoms with Crippen molar-refractivity contribution in [3.8, 4) is 0 Å². The molecule has 0 spiro atoms. The van der Waals surface area contributed by atoms with Gasteiger partial charge in [-0.05, 0) is 12.5 Å². The minimum Gasteiger partial charge on any atom is -0.377 e. The Morgan fingerprint density at radius 2 is 1.86 bits per heavy atom. The summed E-state index contributed by atoms with van der Waals surface area (Å²) in [6, 6.07) is 0. The number of carbonyl (C=O) groups excluding carboxylic acids is 1. The second-order valence-corrected chi connectivity index (χ2v) is 8.40. The second kappa shape index (κ2) is 6.21. The van der Waals surface area contributed by atoms with Gasteiger partial charge in [0.1, 0.15) is 16.4 Å². The van der Waals surface area contributed by atoms with Gasteiger partial charge in [0.25, 0.3) is 15.0 Å². The molecule has 118 valence electrons. The molecule has 2 unspecified atom stereocenters. The molecule has 0 radical (unpaired) electrons. The van der Waals surface area contributed by atoms with Gasteiger partial charge in [-0.25, -0.2) is 8.42 Å². The summed E-state index contributed by atoms with van der Waals surface area (Å²) in [5, 5.41) is 1.52. The van der Waals surface area contributed by atoms with E-state index in [9.17, 15) is 13.2 Å². The first kappa shape index (κ1) is 16.7. The Morgan fingerprint density at radius 1 is 1.33 bits per heavy atom. The number of hydrogen-bond donors (Lipinski definition) is 0. The van der Waals surface area contributed by atoms with E-state index in [0.29, 0.717) is 24.2 Å². The molecule has 1 fully saturated rings. The number of ether oxygens (including phenoxy) is 2. The van der Waals surface area contributed by atoms with Crippen molar-refractivity contribution in [1.29, 1.82) is 0 Å². The molecular formula is C12H16ClNO5S2. The lowest BCUT2D eigenvalue weighted by Gasteiger charge is -2.15. The highest BCUT2D eigenvalue weighted by Crippen LogP contribution is 2.31. The molecule has 2 atom stereocenters. The number of thiophene rings is 1. The normalized spacial score (nSPS) is 22.8. The van der Waals surface area contributed by atoms with Gasteiger partial charge in [-0.2, -0.15) is 0 Å². The van der Waals surface area contributed by atoms with Crippen LogP contribution in [-0.4, -0.2) is 58.7 Å². The summed E-state index contributed by atoms with van der Waals surface area (Å²) in [6.07, 6.45) is -0.372. The molecule has 0 bridgehead atoms. The van der Waals surface area contributed by atoms with Crippen molar-refractivity contribution in [1.82, 2.24) is 4.90 Å². The van der Waals surface area contributed by atoms with E-state index in [1.165, 1.54) is 5.38 Å². The first-order chi connectivity index (χ1) is 9.79. The Morgan fingerprint density at radius 3 is 2.24 bits per heavy atom. The van der Waals surface area contributed by atoms with Crippen LogP contribution in [0.2, 0.25) is 0 Å². The van der Waals surface area contributed by atoms with E-state index in [4.69, 9.17) is 20.2 Å². The van der Waals surface area contributed by atoms with Gasteiger partial charge in [0, 0.05) is 43.4 Å². The van der Waals surface area contributed by atoms with Gasteiger partial charge >= 0.3 is 0 Å². The number of hydrogen-bond acceptors (Lipinski definition) is 6. The van der Waals surface area contributed by atoms with E-state index in [0.717, 1.165) is 11.3 Å². The van der Waals surface area contributed by atoms with Crippen LogP contribution in [0.15, 0.2) is 9.59 Å². The van der Waals surface area contributed by atoms with Gasteiger partial charge in [0.15, 0.2) is 0 Å². The fraction of sp³-hybridized carbons (Fsp3) is 0.583. The number of nitrogens with zero attached hydrogens (tertiary/aromatic N) is 1. The van der Waals surface area contributed by atoms with Crippen LogP contribution in [0, 0.1) is 6.92 Å². The molecule has 1 amide bonds. The molecule has 0 saturated carbocycles. The molecule has 0 aliphatic carbocycles. The summed E-state index contributed by atoms with van der Waals surface area (Å²) in [6.45, 7) is 2.40. The van der Waals surface area contributed by atoms with Crippen LogP contribution in [0.3, 0.4) is 0 Å². The van der Waals surface area contributed by atoms with Crippen molar-refractivity contribution in [3.05, 3.63) is 16.5 Å². The van der Waals surface area contributed by atoms with E-state index in [1.807, 2.05) is 0 Å². The molecule has 1 aromatic rings. The third kappa shape index (κ3) is 3.24. The van der Waals surface area contributed by atoms with E-state index in [-0.39, 0.29) is 22.3 Å². The molecule has 6 nitrogen and oxygen atoms in total. The standard InChI is InChI=1S/C12H16ClNO5S2/c1-7-8(6-20-12(7)21(13,16)17)11(15)14-4-9(18-2)10(5-14)19-3/h6,9-10H,4-5H2,1-3H3. The average Bonchev–Trinajstić information content (AvgIpc) is 3.00. The first-order valence-electron chi connectivity index (χ1n) is 6.17. The molecule has 1 aliphatic heterocycles. The largest absolute Gasteiger partial charge is 0.377 e. The fourth-order valence-electron chi connectivity index (χ4n) is 2.38. The third-order valence-corrected chi connectivity index (χ3v) is 6.86. The first-order valence-corrected chi connectivity index (χ1v) is 9.36. The van der Waals surface area contributed by atoms with Gasteiger partial charge in [0.2, 0.25) is 0 Å². The zero-order valence-electron chi connectivity index (χ0n) is 11.8. The van der Waals surface area contributed by atoms with Gasteiger partial charge < -0.3 is 14.4 Å². The van der Waals surface area contributed by atoms with Gasteiger partial charge in [0.05, 0.1) is 5.56 Å². The summed E-state index contributed by atoms with van der Waals surface area (Å²) in [4.78, 5) is 14.1. The fourth-order valence-corrected chi connectivity index (χ4v) is 4.93. The minimum atomic E-state index is -3.83. The topological polar surface area (TPSA) is 72.9 Å². The highest BCUT2D eigenvalue weighted by molar-refractivity contribution is 8.15. The Kier molecular flexibility index (Phi) is 4.94. The van der Waals surface area contributed by atoms with E-state index in [1.54, 1.807) is 26.0 Å². The molecule has 1 saturated heterocycles. The van der Waals surface area contributed by atoms with Crippen molar-refractivity contribution in [2.45, 2.75) is 23.3 Å². The van der Waals surface area contributed by atoms with Crippen molar-refractivity contribution in [3.63, 3.8) is 0 Å². The molecule has 9 heteroatoms. The molecule has 2 heterocycles. The summed E-state index contributed by atoms with van der Waals surface area (Å²) in [5.74, 6) is -0.239. The highest BCUT2D eigenvalue weighted by Gasteiger charge is 2.37. The SMILES string of the molecule is COC1CN(C(=O)c2csc(S(=O)(=O)Cl)c2C)CC1OC. The van der Waals surface area contributed by atoms with Crippen molar-refractivity contribution in [2.24, 2.45) is 0 Å². The van der Waals surface area contributed by atoms with Crippen LogP contribution >= 0.6 is 22.0 Å².